The van der Waals surface area contributed by atoms with Crippen molar-refractivity contribution in [2.75, 3.05) is 12.8 Å². The lowest BCUT2D eigenvalue weighted by Gasteiger charge is -2.12. The second-order valence-electron chi connectivity index (χ2n) is 4.54. The van der Waals surface area contributed by atoms with E-state index in [4.69, 9.17) is 33.7 Å². The molecule has 0 saturated carbocycles. The Morgan fingerprint density at radius 1 is 1.18 bits per heavy atom. The number of nitrogen functional groups attached to an aromatic ring is 1. The molecule has 0 aliphatic rings. The largest absolute Gasteiger partial charge is 0.494 e. The van der Waals surface area contributed by atoms with Crippen molar-refractivity contribution < 1.29 is 9.53 Å². The van der Waals surface area contributed by atoms with Gasteiger partial charge in [0.25, 0.3) is 5.91 Å². The van der Waals surface area contributed by atoms with Gasteiger partial charge in [0.15, 0.2) is 5.75 Å². The predicted molar refractivity (Wildman–Crippen MR) is 86.9 cm³/mol. The monoisotopic (exact) mass is 335 g/mol. The Hall–Kier alpha value is -2.24. The number of para-hydroxylation sites is 2. The van der Waals surface area contributed by atoms with Gasteiger partial charge < -0.3 is 10.5 Å². The molecule has 0 unspecified atom stereocenters. The third kappa shape index (κ3) is 2.19. The molecule has 22 heavy (non-hydrogen) atoms. The molecule has 0 atom stereocenters. The summed E-state index contributed by atoms with van der Waals surface area (Å²) in [7, 11) is 1.42. The van der Waals surface area contributed by atoms with E-state index in [9.17, 15) is 4.79 Å². The molecule has 2 aromatic carbocycles. The minimum atomic E-state index is -0.449. The zero-order chi connectivity index (χ0) is 15.9. The van der Waals surface area contributed by atoms with Crippen LogP contribution in [0.3, 0.4) is 0 Å². The Morgan fingerprint density at radius 3 is 2.59 bits per heavy atom. The highest BCUT2D eigenvalue weighted by atomic mass is 35.5. The zero-order valence-corrected chi connectivity index (χ0v) is 13.0. The Morgan fingerprint density at radius 2 is 1.86 bits per heavy atom. The number of rotatable bonds is 2. The highest BCUT2D eigenvalue weighted by Gasteiger charge is 2.24. The maximum Gasteiger partial charge on any atom is 0.270 e. The van der Waals surface area contributed by atoms with Crippen LogP contribution in [-0.2, 0) is 0 Å². The number of carbonyl (C=O) groups excluding carboxylic acids is 1. The van der Waals surface area contributed by atoms with Crippen molar-refractivity contribution in [1.82, 2.24) is 9.55 Å². The van der Waals surface area contributed by atoms with Crippen LogP contribution in [0.2, 0.25) is 10.0 Å². The number of nitrogens with zero attached hydrogens (tertiary/aromatic N) is 2. The van der Waals surface area contributed by atoms with Gasteiger partial charge in [0.1, 0.15) is 5.56 Å². The van der Waals surface area contributed by atoms with Crippen LogP contribution in [0.4, 0.5) is 5.95 Å². The lowest BCUT2D eigenvalue weighted by atomic mass is 10.1. The third-order valence-electron chi connectivity index (χ3n) is 3.27. The van der Waals surface area contributed by atoms with E-state index >= 15 is 0 Å². The van der Waals surface area contributed by atoms with E-state index < -0.39 is 5.91 Å². The first kappa shape index (κ1) is 14.7. The number of halogens is 2. The predicted octanol–water partition coefficient (Wildman–Crippen LogP) is 3.62. The molecule has 0 radical (unpaired) electrons. The average molecular weight is 336 g/mol. The molecule has 112 valence electrons. The number of ether oxygens (including phenoxy) is 1. The summed E-state index contributed by atoms with van der Waals surface area (Å²) < 4.78 is 6.50. The van der Waals surface area contributed by atoms with Gasteiger partial charge in [0, 0.05) is 0 Å². The highest BCUT2D eigenvalue weighted by molar-refractivity contribution is 6.37. The first-order valence-electron chi connectivity index (χ1n) is 6.34. The molecule has 0 aliphatic carbocycles. The van der Waals surface area contributed by atoms with E-state index in [-0.39, 0.29) is 22.3 Å². The van der Waals surface area contributed by atoms with Crippen molar-refractivity contribution in [2.45, 2.75) is 0 Å². The Bertz CT molecular complexity index is 890. The molecular weight excluding hydrogens is 325 g/mol. The van der Waals surface area contributed by atoms with Gasteiger partial charge in [-0.05, 0) is 24.3 Å². The van der Waals surface area contributed by atoms with Crippen molar-refractivity contribution >= 4 is 46.1 Å². The fourth-order valence-electron chi connectivity index (χ4n) is 2.30. The van der Waals surface area contributed by atoms with E-state index in [1.165, 1.54) is 17.7 Å². The maximum absolute atomic E-state index is 12.9. The van der Waals surface area contributed by atoms with Gasteiger partial charge in [-0.15, -0.1) is 0 Å². The first-order chi connectivity index (χ1) is 10.5. The molecule has 7 heteroatoms. The molecular formula is C15H11Cl2N3O2. The summed E-state index contributed by atoms with van der Waals surface area (Å²) in [5, 5.41) is 0.515. The Balaban J connectivity index is 2.27. The second kappa shape index (κ2) is 5.51. The van der Waals surface area contributed by atoms with Crippen LogP contribution in [-0.4, -0.2) is 22.6 Å². The van der Waals surface area contributed by atoms with Crippen molar-refractivity contribution in [3.05, 3.63) is 52.0 Å². The molecule has 0 saturated heterocycles. The molecule has 0 bridgehead atoms. The van der Waals surface area contributed by atoms with Crippen LogP contribution in [0.25, 0.3) is 11.0 Å². The smallest absolute Gasteiger partial charge is 0.270 e. The van der Waals surface area contributed by atoms with E-state index in [0.717, 1.165) is 0 Å². The fourth-order valence-corrected chi connectivity index (χ4v) is 2.77. The molecule has 3 rings (SSSR count). The van der Waals surface area contributed by atoms with Gasteiger partial charge in [-0.3, -0.25) is 4.79 Å². The number of carbonyl (C=O) groups is 1. The lowest BCUT2D eigenvalue weighted by Crippen LogP contribution is -2.16. The van der Waals surface area contributed by atoms with Crippen LogP contribution in [0.5, 0.6) is 5.75 Å². The number of imidazole rings is 1. The summed E-state index contributed by atoms with van der Waals surface area (Å²) in [5.74, 6) is -0.170. The van der Waals surface area contributed by atoms with Crippen LogP contribution >= 0.6 is 23.2 Å². The number of hydrogen-bond acceptors (Lipinski definition) is 4. The van der Waals surface area contributed by atoms with Gasteiger partial charge in [-0.25, -0.2) is 9.55 Å². The summed E-state index contributed by atoms with van der Waals surface area (Å²) in [5.41, 5.74) is 7.23. The van der Waals surface area contributed by atoms with Gasteiger partial charge in [0.05, 0.1) is 28.2 Å². The molecule has 3 aromatic rings. The molecule has 0 amide bonds. The number of fused-ring (bicyclic) bond motifs is 1. The SMILES string of the molecule is COc1c(Cl)ccc(Cl)c1C(=O)n1c(N)nc2ccccc21. The quantitative estimate of drug-likeness (QED) is 0.776. The summed E-state index contributed by atoms with van der Waals surface area (Å²) in [6.45, 7) is 0. The molecule has 1 heterocycles. The van der Waals surface area contributed by atoms with E-state index in [1.807, 2.05) is 6.07 Å². The molecule has 0 fully saturated rings. The zero-order valence-electron chi connectivity index (χ0n) is 11.5. The molecule has 0 spiro atoms. The van der Waals surface area contributed by atoms with Gasteiger partial charge in [-0.2, -0.15) is 0 Å². The van der Waals surface area contributed by atoms with E-state index in [0.29, 0.717) is 16.1 Å². The van der Waals surface area contributed by atoms with Crippen molar-refractivity contribution in [2.24, 2.45) is 0 Å². The third-order valence-corrected chi connectivity index (χ3v) is 3.88. The summed E-state index contributed by atoms with van der Waals surface area (Å²) in [6, 6.07) is 10.2. The van der Waals surface area contributed by atoms with Gasteiger partial charge in [0.2, 0.25) is 5.95 Å². The number of hydrogen-bond donors (Lipinski definition) is 1. The first-order valence-corrected chi connectivity index (χ1v) is 7.10. The second-order valence-corrected chi connectivity index (χ2v) is 5.35. The molecule has 2 N–H and O–H groups in total. The van der Waals surface area contributed by atoms with Gasteiger partial charge >= 0.3 is 0 Å². The van der Waals surface area contributed by atoms with Crippen LogP contribution in [0.1, 0.15) is 10.4 Å². The number of benzene rings is 2. The summed E-state index contributed by atoms with van der Waals surface area (Å²) in [6.07, 6.45) is 0. The Labute approximate surface area is 136 Å². The van der Waals surface area contributed by atoms with Crippen LogP contribution in [0.15, 0.2) is 36.4 Å². The standard InChI is InChI=1S/C15H11Cl2N3O2/c1-22-13-9(17)7-6-8(16)12(13)14(21)20-11-5-3-2-4-10(11)19-15(20)18/h2-7H,1H3,(H2,18,19). The lowest BCUT2D eigenvalue weighted by molar-refractivity contribution is 0.0964. The van der Waals surface area contributed by atoms with E-state index in [2.05, 4.69) is 4.98 Å². The maximum atomic E-state index is 12.9. The number of aromatic nitrogens is 2. The normalized spacial score (nSPS) is 10.9. The number of nitrogens with two attached hydrogens (primary N) is 1. The van der Waals surface area contributed by atoms with Crippen LogP contribution in [0, 0.1) is 0 Å². The van der Waals surface area contributed by atoms with Crippen molar-refractivity contribution in [1.29, 1.82) is 0 Å². The average Bonchev–Trinajstić information content (AvgIpc) is 2.84. The highest BCUT2D eigenvalue weighted by Crippen LogP contribution is 2.35. The van der Waals surface area contributed by atoms with Gasteiger partial charge in [-0.1, -0.05) is 35.3 Å². The summed E-state index contributed by atoms with van der Waals surface area (Å²) >= 11 is 12.2. The number of anilines is 1. The van der Waals surface area contributed by atoms with E-state index in [1.54, 1.807) is 24.3 Å². The van der Waals surface area contributed by atoms with Crippen molar-refractivity contribution in [3.8, 4) is 5.75 Å². The molecule has 1 aromatic heterocycles. The fraction of sp³-hybridized carbons (Fsp3) is 0.0667. The van der Waals surface area contributed by atoms with Crippen LogP contribution < -0.4 is 10.5 Å². The minimum Gasteiger partial charge on any atom is -0.494 e. The Kier molecular flexibility index (Phi) is 3.68. The minimum absolute atomic E-state index is 0.0734. The topological polar surface area (TPSA) is 70.1 Å². The van der Waals surface area contributed by atoms with Crippen molar-refractivity contribution in [3.63, 3.8) is 0 Å². The number of methoxy groups -OCH3 is 1. The molecule has 0 aliphatic heterocycles. The molecule has 5 nitrogen and oxygen atoms in total. The summed E-state index contributed by atoms with van der Waals surface area (Å²) in [4.78, 5) is 17.1.